The number of aromatic nitrogens is 2. The molecule has 0 amide bonds. The predicted octanol–water partition coefficient (Wildman–Crippen LogP) is 1.74. The number of nitrogens with zero attached hydrogens (tertiary/aromatic N) is 3. The average molecular weight is 299 g/mol. The third kappa shape index (κ3) is 3.52. The summed E-state index contributed by atoms with van der Waals surface area (Å²) in [5.41, 5.74) is 0.509. The molecule has 1 aliphatic heterocycles. The molecule has 5 nitrogen and oxygen atoms in total. The highest BCUT2D eigenvalue weighted by atomic mass is 35.5. The Morgan fingerprint density at radius 2 is 2.35 bits per heavy atom. The van der Waals surface area contributed by atoms with Crippen LogP contribution in [0.4, 0.5) is 5.69 Å². The first kappa shape index (κ1) is 15.3. The summed E-state index contributed by atoms with van der Waals surface area (Å²) < 4.78 is 1.44. The topological polar surface area (TPSA) is 50.2 Å². The lowest BCUT2D eigenvalue weighted by Crippen LogP contribution is -2.36. The van der Waals surface area contributed by atoms with Crippen molar-refractivity contribution in [2.75, 3.05) is 25.0 Å². The quantitative estimate of drug-likeness (QED) is 0.900. The molecule has 1 N–H and O–H groups in total. The van der Waals surface area contributed by atoms with E-state index in [0.717, 1.165) is 13.1 Å². The molecule has 1 saturated heterocycles. The van der Waals surface area contributed by atoms with Gasteiger partial charge in [0.1, 0.15) is 5.02 Å². The van der Waals surface area contributed by atoms with Crippen molar-refractivity contribution in [3.8, 4) is 0 Å². The third-order valence-corrected chi connectivity index (χ3v) is 3.93. The second-order valence-electron chi connectivity index (χ2n) is 5.90. The van der Waals surface area contributed by atoms with E-state index in [4.69, 9.17) is 11.6 Å². The van der Waals surface area contributed by atoms with Gasteiger partial charge in [0.2, 0.25) is 0 Å². The van der Waals surface area contributed by atoms with Crippen molar-refractivity contribution in [1.29, 1.82) is 0 Å². The molecule has 0 bridgehead atoms. The Morgan fingerprint density at radius 3 is 2.95 bits per heavy atom. The molecule has 6 heteroatoms. The summed E-state index contributed by atoms with van der Waals surface area (Å²) in [6, 6.07) is 0.467. The number of hydrogen-bond acceptors (Lipinski definition) is 4. The van der Waals surface area contributed by atoms with Crippen LogP contribution in [0.15, 0.2) is 11.0 Å². The van der Waals surface area contributed by atoms with E-state index in [1.165, 1.54) is 17.5 Å². The third-order valence-electron chi connectivity index (χ3n) is 3.57. The van der Waals surface area contributed by atoms with Gasteiger partial charge < -0.3 is 10.2 Å². The van der Waals surface area contributed by atoms with Gasteiger partial charge in [0.15, 0.2) is 0 Å². The van der Waals surface area contributed by atoms with Crippen LogP contribution in [0.2, 0.25) is 5.02 Å². The molecular formula is C14H23ClN4O. The lowest BCUT2D eigenvalue weighted by atomic mass is 10.2. The molecule has 0 saturated carbocycles. The van der Waals surface area contributed by atoms with Crippen LogP contribution in [0.1, 0.15) is 26.7 Å². The number of halogens is 1. The van der Waals surface area contributed by atoms with Crippen LogP contribution in [0.25, 0.3) is 0 Å². The maximum atomic E-state index is 12.2. The molecule has 1 aliphatic rings. The molecule has 20 heavy (non-hydrogen) atoms. The van der Waals surface area contributed by atoms with E-state index in [2.05, 4.69) is 10.4 Å². The Balaban J connectivity index is 2.15. The number of anilines is 1. The molecule has 1 aromatic rings. The zero-order chi connectivity index (χ0) is 14.7. The van der Waals surface area contributed by atoms with Crippen molar-refractivity contribution in [3.05, 3.63) is 21.6 Å². The number of hydrogen-bond donors (Lipinski definition) is 1. The Morgan fingerprint density at radius 1 is 1.60 bits per heavy atom. The summed E-state index contributed by atoms with van der Waals surface area (Å²) in [4.78, 5) is 14.2. The highest BCUT2D eigenvalue weighted by molar-refractivity contribution is 6.33. The van der Waals surface area contributed by atoms with E-state index in [1.54, 1.807) is 6.20 Å². The fourth-order valence-electron chi connectivity index (χ4n) is 2.54. The SMILES string of the molecule is CC(C)Cn1ncc(N(C)CC2CCCN2)c(Cl)c1=O. The van der Waals surface area contributed by atoms with Crippen molar-refractivity contribution in [1.82, 2.24) is 15.1 Å². The highest BCUT2D eigenvalue weighted by Crippen LogP contribution is 2.21. The van der Waals surface area contributed by atoms with Crippen LogP contribution in [0.3, 0.4) is 0 Å². The zero-order valence-corrected chi connectivity index (χ0v) is 13.2. The van der Waals surface area contributed by atoms with E-state index in [0.29, 0.717) is 24.2 Å². The first-order chi connectivity index (χ1) is 9.49. The average Bonchev–Trinajstić information content (AvgIpc) is 2.87. The minimum atomic E-state index is -0.205. The van der Waals surface area contributed by atoms with Gasteiger partial charge in [0.25, 0.3) is 5.56 Å². The van der Waals surface area contributed by atoms with Crippen LogP contribution < -0.4 is 15.8 Å². The van der Waals surface area contributed by atoms with Crippen LogP contribution in [0, 0.1) is 5.92 Å². The summed E-state index contributed by atoms with van der Waals surface area (Å²) in [6.07, 6.45) is 4.07. The smallest absolute Gasteiger partial charge is 0.287 e. The molecule has 0 aromatic carbocycles. The Hall–Kier alpha value is -1.07. The molecule has 1 unspecified atom stereocenters. The molecule has 2 heterocycles. The monoisotopic (exact) mass is 298 g/mol. The van der Waals surface area contributed by atoms with Gasteiger partial charge >= 0.3 is 0 Å². The van der Waals surface area contributed by atoms with E-state index < -0.39 is 0 Å². The molecule has 0 radical (unpaired) electrons. The fraction of sp³-hybridized carbons (Fsp3) is 0.714. The van der Waals surface area contributed by atoms with E-state index in [-0.39, 0.29) is 10.6 Å². The number of likely N-dealkylation sites (N-methyl/N-ethyl adjacent to an activating group) is 1. The van der Waals surface area contributed by atoms with Crippen LogP contribution in [-0.2, 0) is 6.54 Å². The fourth-order valence-corrected chi connectivity index (χ4v) is 2.83. The van der Waals surface area contributed by atoms with E-state index in [1.807, 2.05) is 25.8 Å². The van der Waals surface area contributed by atoms with Gasteiger partial charge in [0.05, 0.1) is 11.9 Å². The van der Waals surface area contributed by atoms with Crippen LogP contribution in [-0.4, -0.2) is 36.0 Å². The van der Waals surface area contributed by atoms with Gasteiger partial charge in [-0.05, 0) is 25.3 Å². The molecule has 0 aliphatic carbocycles. The lowest BCUT2D eigenvalue weighted by molar-refractivity contribution is 0.463. The maximum Gasteiger partial charge on any atom is 0.287 e. The molecule has 2 rings (SSSR count). The van der Waals surface area contributed by atoms with Gasteiger partial charge in [-0.15, -0.1) is 0 Å². The van der Waals surface area contributed by atoms with Crippen molar-refractivity contribution >= 4 is 17.3 Å². The van der Waals surface area contributed by atoms with E-state index >= 15 is 0 Å². The Labute approximate surface area is 124 Å². The van der Waals surface area contributed by atoms with Crippen molar-refractivity contribution in [2.45, 2.75) is 39.3 Å². The second-order valence-corrected chi connectivity index (χ2v) is 6.28. The summed E-state index contributed by atoms with van der Waals surface area (Å²) in [7, 11) is 1.95. The molecule has 0 spiro atoms. The maximum absolute atomic E-state index is 12.2. The Bertz CT molecular complexity index is 508. The largest absolute Gasteiger partial charge is 0.370 e. The summed E-state index contributed by atoms with van der Waals surface area (Å²) in [6.45, 7) is 6.60. The standard InChI is InChI=1S/C14H23ClN4O/c1-10(2)8-19-14(20)13(15)12(7-17-19)18(3)9-11-5-4-6-16-11/h7,10-11,16H,4-6,8-9H2,1-3H3. The van der Waals surface area contributed by atoms with Gasteiger partial charge in [-0.2, -0.15) is 5.10 Å². The zero-order valence-electron chi connectivity index (χ0n) is 12.4. The molecule has 1 fully saturated rings. The lowest BCUT2D eigenvalue weighted by Gasteiger charge is -2.24. The van der Waals surface area contributed by atoms with Crippen molar-refractivity contribution < 1.29 is 0 Å². The van der Waals surface area contributed by atoms with Crippen molar-refractivity contribution in [2.24, 2.45) is 5.92 Å². The van der Waals surface area contributed by atoms with E-state index in [9.17, 15) is 4.79 Å². The summed E-state index contributed by atoms with van der Waals surface area (Å²) in [5.74, 6) is 0.363. The van der Waals surface area contributed by atoms with Gasteiger partial charge in [-0.3, -0.25) is 4.79 Å². The van der Waals surface area contributed by atoms with Gasteiger partial charge in [-0.1, -0.05) is 25.4 Å². The Kier molecular flexibility index (Phi) is 5.05. The molecule has 1 atom stereocenters. The summed E-state index contributed by atoms with van der Waals surface area (Å²) in [5, 5.41) is 7.94. The van der Waals surface area contributed by atoms with Gasteiger partial charge in [0, 0.05) is 26.2 Å². The van der Waals surface area contributed by atoms with Crippen LogP contribution in [0.5, 0.6) is 0 Å². The van der Waals surface area contributed by atoms with Crippen molar-refractivity contribution in [3.63, 3.8) is 0 Å². The minimum absolute atomic E-state index is 0.205. The predicted molar refractivity (Wildman–Crippen MR) is 82.6 cm³/mol. The first-order valence-corrected chi connectivity index (χ1v) is 7.57. The number of rotatable bonds is 5. The highest BCUT2D eigenvalue weighted by Gasteiger charge is 2.19. The summed E-state index contributed by atoms with van der Waals surface area (Å²) >= 11 is 6.23. The number of nitrogens with one attached hydrogen (secondary N) is 1. The molecule has 1 aromatic heterocycles. The normalized spacial score (nSPS) is 18.8. The molecular weight excluding hydrogens is 276 g/mol. The van der Waals surface area contributed by atoms with Crippen LogP contribution >= 0.6 is 11.6 Å². The first-order valence-electron chi connectivity index (χ1n) is 7.19. The molecule has 112 valence electrons. The second kappa shape index (κ2) is 6.59. The minimum Gasteiger partial charge on any atom is -0.370 e. The van der Waals surface area contributed by atoms with Gasteiger partial charge in [-0.25, -0.2) is 4.68 Å².